The summed E-state index contributed by atoms with van der Waals surface area (Å²) in [5.41, 5.74) is -0.728. The van der Waals surface area contributed by atoms with Crippen molar-refractivity contribution in [3.05, 3.63) is 12.2 Å². The van der Waals surface area contributed by atoms with Gasteiger partial charge in [0.15, 0.2) is 0 Å². The highest BCUT2D eigenvalue weighted by molar-refractivity contribution is 5.79. The number of nitrogens with zero attached hydrogens (tertiary/aromatic N) is 4. The number of carboxylic acid groups (broad SMARTS) is 1. The molecule has 1 saturated heterocycles. The van der Waals surface area contributed by atoms with E-state index in [9.17, 15) is 9.90 Å². The van der Waals surface area contributed by atoms with Crippen molar-refractivity contribution in [1.82, 2.24) is 19.7 Å². The molecule has 0 aromatic carbocycles. The van der Waals surface area contributed by atoms with Crippen LogP contribution in [0.4, 0.5) is 0 Å². The van der Waals surface area contributed by atoms with Crippen molar-refractivity contribution in [2.75, 3.05) is 6.54 Å². The normalized spacial score (nSPS) is 23.6. The summed E-state index contributed by atoms with van der Waals surface area (Å²) in [6.45, 7) is 8.41. The maximum Gasteiger partial charge on any atom is 0.324 e. The van der Waals surface area contributed by atoms with E-state index >= 15 is 0 Å². The van der Waals surface area contributed by atoms with Crippen molar-refractivity contribution in [3.63, 3.8) is 0 Å². The van der Waals surface area contributed by atoms with Gasteiger partial charge in [0.25, 0.3) is 0 Å². The summed E-state index contributed by atoms with van der Waals surface area (Å²) in [6.07, 6.45) is 3.83. The number of aliphatic carboxylic acids is 1. The molecule has 1 fully saturated rings. The lowest BCUT2D eigenvalue weighted by atomic mass is 9.93. The van der Waals surface area contributed by atoms with Crippen LogP contribution in [0.15, 0.2) is 6.33 Å². The van der Waals surface area contributed by atoms with Crippen LogP contribution >= 0.6 is 0 Å². The van der Waals surface area contributed by atoms with E-state index in [4.69, 9.17) is 0 Å². The van der Waals surface area contributed by atoms with Gasteiger partial charge in [0.1, 0.15) is 17.7 Å². The molecule has 2 rings (SSSR count). The predicted molar refractivity (Wildman–Crippen MR) is 75.2 cm³/mol. The molecule has 0 radical (unpaired) electrons. The molecule has 1 atom stereocenters. The number of aromatic nitrogens is 3. The number of carboxylic acids is 1. The second kappa shape index (κ2) is 5.91. The Morgan fingerprint density at radius 2 is 2.30 bits per heavy atom. The second-order valence-corrected chi connectivity index (χ2v) is 5.97. The van der Waals surface area contributed by atoms with Crippen molar-refractivity contribution >= 4 is 5.97 Å². The summed E-state index contributed by atoms with van der Waals surface area (Å²) in [4.78, 5) is 18.0. The Morgan fingerprint density at radius 1 is 1.55 bits per heavy atom. The molecule has 6 nitrogen and oxygen atoms in total. The van der Waals surface area contributed by atoms with Crippen LogP contribution in [0.3, 0.4) is 0 Å². The van der Waals surface area contributed by atoms with Crippen molar-refractivity contribution < 1.29 is 9.90 Å². The molecular weight excluding hydrogens is 256 g/mol. The first-order chi connectivity index (χ1) is 9.49. The fourth-order valence-electron chi connectivity index (χ4n) is 3.04. The number of likely N-dealkylation sites (tertiary alicyclic amines) is 1. The van der Waals surface area contributed by atoms with Crippen LogP contribution in [0, 0.1) is 5.92 Å². The minimum atomic E-state index is -0.728. The lowest BCUT2D eigenvalue weighted by molar-refractivity contribution is -0.150. The van der Waals surface area contributed by atoms with Crippen LogP contribution in [-0.4, -0.2) is 42.8 Å². The zero-order chi connectivity index (χ0) is 14.8. The first-order valence-electron chi connectivity index (χ1n) is 7.34. The molecule has 0 spiro atoms. The molecule has 1 N–H and O–H groups in total. The van der Waals surface area contributed by atoms with Gasteiger partial charge in [0.05, 0.1) is 6.54 Å². The van der Waals surface area contributed by atoms with E-state index in [2.05, 4.69) is 28.8 Å². The standard InChI is InChI=1S/C14H24N4O2/c1-4-14(13(19)20)6-5-7-17(14)9-12-15-10-16-18(12)8-11(2)3/h10-11H,4-9H2,1-3H3,(H,19,20). The number of rotatable bonds is 6. The molecule has 6 heteroatoms. The number of hydrogen-bond donors (Lipinski definition) is 1. The summed E-state index contributed by atoms with van der Waals surface area (Å²) < 4.78 is 1.89. The van der Waals surface area contributed by atoms with Crippen LogP contribution in [0.1, 0.15) is 45.9 Å². The Labute approximate surface area is 119 Å². The number of carbonyl (C=O) groups is 1. The quantitative estimate of drug-likeness (QED) is 0.859. The van der Waals surface area contributed by atoms with Gasteiger partial charge < -0.3 is 5.11 Å². The highest BCUT2D eigenvalue weighted by Gasteiger charge is 2.46. The summed E-state index contributed by atoms with van der Waals surface area (Å²) in [5.74, 6) is 0.636. The molecule has 20 heavy (non-hydrogen) atoms. The zero-order valence-electron chi connectivity index (χ0n) is 12.5. The van der Waals surface area contributed by atoms with E-state index in [1.165, 1.54) is 0 Å². The Morgan fingerprint density at radius 3 is 2.90 bits per heavy atom. The van der Waals surface area contributed by atoms with Crippen molar-refractivity contribution in [2.45, 2.75) is 58.7 Å². The highest BCUT2D eigenvalue weighted by Crippen LogP contribution is 2.33. The van der Waals surface area contributed by atoms with Crippen LogP contribution < -0.4 is 0 Å². The van der Waals surface area contributed by atoms with Gasteiger partial charge in [-0.25, -0.2) is 9.67 Å². The molecule has 0 aliphatic carbocycles. The summed E-state index contributed by atoms with van der Waals surface area (Å²) in [7, 11) is 0. The fraction of sp³-hybridized carbons (Fsp3) is 0.786. The van der Waals surface area contributed by atoms with Gasteiger partial charge in [-0.2, -0.15) is 5.10 Å². The van der Waals surface area contributed by atoms with E-state index in [1.54, 1.807) is 6.33 Å². The molecule has 112 valence electrons. The molecule has 1 aromatic rings. The summed E-state index contributed by atoms with van der Waals surface area (Å²) >= 11 is 0. The monoisotopic (exact) mass is 280 g/mol. The molecule has 1 unspecified atom stereocenters. The van der Waals surface area contributed by atoms with Gasteiger partial charge in [-0.15, -0.1) is 0 Å². The molecule has 0 amide bonds. The van der Waals surface area contributed by atoms with Gasteiger partial charge in [-0.3, -0.25) is 9.69 Å². The van der Waals surface area contributed by atoms with E-state index in [1.807, 2.05) is 11.6 Å². The van der Waals surface area contributed by atoms with Gasteiger partial charge >= 0.3 is 5.97 Å². The van der Waals surface area contributed by atoms with E-state index in [0.717, 1.165) is 31.8 Å². The fourth-order valence-corrected chi connectivity index (χ4v) is 3.04. The van der Waals surface area contributed by atoms with Crippen molar-refractivity contribution in [1.29, 1.82) is 0 Å². The molecule has 1 aromatic heterocycles. The largest absolute Gasteiger partial charge is 0.480 e. The Hall–Kier alpha value is -1.43. The average Bonchev–Trinajstić information content (AvgIpc) is 2.97. The first kappa shape index (κ1) is 15.0. The van der Waals surface area contributed by atoms with E-state index < -0.39 is 11.5 Å². The summed E-state index contributed by atoms with van der Waals surface area (Å²) in [6, 6.07) is 0. The van der Waals surface area contributed by atoms with Crippen LogP contribution in [-0.2, 0) is 17.9 Å². The lowest BCUT2D eigenvalue weighted by Gasteiger charge is -2.33. The van der Waals surface area contributed by atoms with E-state index in [0.29, 0.717) is 18.9 Å². The minimum Gasteiger partial charge on any atom is -0.480 e. The average molecular weight is 280 g/mol. The van der Waals surface area contributed by atoms with Crippen molar-refractivity contribution in [2.24, 2.45) is 5.92 Å². The second-order valence-electron chi connectivity index (χ2n) is 5.97. The Kier molecular flexibility index (Phi) is 4.42. The minimum absolute atomic E-state index is 0.490. The Bertz CT molecular complexity index is 471. The van der Waals surface area contributed by atoms with Crippen LogP contribution in [0.2, 0.25) is 0 Å². The molecule has 0 bridgehead atoms. The Balaban J connectivity index is 2.17. The molecule has 0 saturated carbocycles. The van der Waals surface area contributed by atoms with Gasteiger partial charge in [-0.1, -0.05) is 20.8 Å². The third-order valence-corrected chi connectivity index (χ3v) is 4.17. The zero-order valence-corrected chi connectivity index (χ0v) is 12.5. The summed E-state index contributed by atoms with van der Waals surface area (Å²) in [5, 5.41) is 13.8. The van der Waals surface area contributed by atoms with Gasteiger partial charge in [-0.05, 0) is 31.7 Å². The predicted octanol–water partition coefficient (Wildman–Crippen LogP) is 1.76. The van der Waals surface area contributed by atoms with Gasteiger partial charge in [0, 0.05) is 6.54 Å². The number of hydrogen-bond acceptors (Lipinski definition) is 4. The van der Waals surface area contributed by atoms with E-state index in [-0.39, 0.29) is 0 Å². The molecule has 1 aliphatic heterocycles. The molecular formula is C14H24N4O2. The SMILES string of the molecule is CCC1(C(=O)O)CCCN1Cc1ncnn1CC(C)C. The molecule has 1 aliphatic rings. The van der Waals surface area contributed by atoms with Crippen LogP contribution in [0.25, 0.3) is 0 Å². The van der Waals surface area contributed by atoms with Gasteiger partial charge in [0.2, 0.25) is 0 Å². The third-order valence-electron chi connectivity index (χ3n) is 4.17. The van der Waals surface area contributed by atoms with Crippen LogP contribution in [0.5, 0.6) is 0 Å². The lowest BCUT2D eigenvalue weighted by Crippen LogP contribution is -2.49. The topological polar surface area (TPSA) is 71.2 Å². The van der Waals surface area contributed by atoms with Crippen molar-refractivity contribution in [3.8, 4) is 0 Å². The molecule has 2 heterocycles. The highest BCUT2D eigenvalue weighted by atomic mass is 16.4. The smallest absolute Gasteiger partial charge is 0.324 e. The first-order valence-corrected chi connectivity index (χ1v) is 7.34. The maximum absolute atomic E-state index is 11.7. The maximum atomic E-state index is 11.7. The third kappa shape index (κ3) is 2.70.